The van der Waals surface area contributed by atoms with Crippen LogP contribution < -0.4 is 51.4 Å². The maximum absolute atomic E-state index is 11.1. The molecule has 6 heteroatoms. The summed E-state index contributed by atoms with van der Waals surface area (Å²) >= 11 is 0. The van der Waals surface area contributed by atoms with Crippen LogP contribution in [0.3, 0.4) is 0 Å². The minimum absolute atomic E-state index is 0. The van der Waals surface area contributed by atoms with Gasteiger partial charge in [0, 0.05) is 5.25 Å². The van der Waals surface area contributed by atoms with Crippen molar-refractivity contribution in [3.63, 3.8) is 0 Å². The largest absolute Gasteiger partial charge is 1.00 e. The van der Waals surface area contributed by atoms with Gasteiger partial charge in [-0.3, -0.25) is 0 Å². The summed E-state index contributed by atoms with van der Waals surface area (Å²) in [7, 11) is -4.11. The predicted octanol–water partition coefficient (Wildman–Crippen LogP) is 0.986. The van der Waals surface area contributed by atoms with Gasteiger partial charge in [-0.1, -0.05) is 64.7 Å². The van der Waals surface area contributed by atoms with E-state index < -0.39 is 15.4 Å². The molecular weight excluding hydrogens is 327 g/mol. The molecule has 0 aromatic heterocycles. The summed E-state index contributed by atoms with van der Waals surface area (Å²) in [5.74, 6) is 0. The van der Waals surface area contributed by atoms with Gasteiger partial charge < -0.3 is 9.66 Å². The van der Waals surface area contributed by atoms with Crippen LogP contribution in [-0.2, 0) is 10.1 Å². The SMILES string of the molecule is CCCC(CCCCCCCCCCC(C)O)S(=O)(=O)[O-].[K+]. The average Bonchev–Trinajstić information content (AvgIpc) is 2.38. The van der Waals surface area contributed by atoms with Crippen molar-refractivity contribution < 1.29 is 69.5 Å². The van der Waals surface area contributed by atoms with Crippen molar-refractivity contribution >= 4 is 10.1 Å². The Morgan fingerprint density at radius 1 is 0.864 bits per heavy atom. The normalized spacial score (nSPS) is 14.4. The van der Waals surface area contributed by atoms with Gasteiger partial charge in [-0.25, -0.2) is 8.42 Å². The monoisotopic (exact) mass is 360 g/mol. The van der Waals surface area contributed by atoms with E-state index in [0.29, 0.717) is 12.8 Å². The Kier molecular flexibility index (Phi) is 18.7. The fraction of sp³-hybridized carbons (Fsp3) is 1.00. The number of hydrogen-bond donors (Lipinski definition) is 1. The molecule has 0 heterocycles. The standard InChI is InChI=1S/C16H34O4S.K/c1-3-12-16(21(18,19)20)14-11-9-7-5-4-6-8-10-13-15(2)17;/h15-17H,3-14H2,1-2H3,(H,18,19,20);/q;+1/p-1. The fourth-order valence-electron chi connectivity index (χ4n) is 2.63. The van der Waals surface area contributed by atoms with Crippen LogP contribution in [0.25, 0.3) is 0 Å². The van der Waals surface area contributed by atoms with E-state index in [0.717, 1.165) is 38.5 Å². The number of aliphatic hydroxyl groups is 1. The Morgan fingerprint density at radius 3 is 1.64 bits per heavy atom. The number of hydrogen-bond acceptors (Lipinski definition) is 4. The second-order valence-electron chi connectivity index (χ2n) is 6.16. The number of rotatable bonds is 14. The Balaban J connectivity index is 0. The van der Waals surface area contributed by atoms with E-state index in [9.17, 15) is 13.0 Å². The van der Waals surface area contributed by atoms with Gasteiger partial charge in [-0.15, -0.1) is 0 Å². The zero-order chi connectivity index (χ0) is 16.1. The third kappa shape index (κ3) is 16.4. The second-order valence-corrected chi connectivity index (χ2v) is 7.81. The fourth-order valence-corrected chi connectivity index (χ4v) is 3.61. The molecule has 0 fully saturated rings. The van der Waals surface area contributed by atoms with Gasteiger partial charge in [0.1, 0.15) is 0 Å². The van der Waals surface area contributed by atoms with Crippen LogP contribution in [0.15, 0.2) is 0 Å². The molecule has 22 heavy (non-hydrogen) atoms. The third-order valence-corrected chi connectivity index (χ3v) is 5.20. The summed E-state index contributed by atoms with van der Waals surface area (Å²) in [6.07, 6.45) is 11.3. The molecule has 0 saturated carbocycles. The number of aliphatic hydroxyl groups excluding tert-OH is 1. The molecule has 0 aliphatic heterocycles. The van der Waals surface area contributed by atoms with Crippen LogP contribution in [-0.4, -0.2) is 29.4 Å². The van der Waals surface area contributed by atoms with E-state index in [1.54, 1.807) is 0 Å². The molecule has 0 rings (SSSR count). The summed E-state index contributed by atoms with van der Waals surface area (Å²) < 4.78 is 33.2. The van der Waals surface area contributed by atoms with E-state index in [-0.39, 0.29) is 57.5 Å². The van der Waals surface area contributed by atoms with Crippen LogP contribution in [0.5, 0.6) is 0 Å². The van der Waals surface area contributed by atoms with Gasteiger partial charge in [-0.05, 0) is 26.2 Å². The molecule has 0 aromatic carbocycles. The Bertz CT molecular complexity index is 331. The summed E-state index contributed by atoms with van der Waals surface area (Å²) in [5.41, 5.74) is 0. The summed E-state index contributed by atoms with van der Waals surface area (Å²) in [5, 5.41) is 8.45. The van der Waals surface area contributed by atoms with Crippen LogP contribution in [0.1, 0.15) is 90.9 Å². The quantitative estimate of drug-likeness (QED) is 0.285. The Morgan fingerprint density at radius 2 is 1.27 bits per heavy atom. The minimum atomic E-state index is -4.11. The topological polar surface area (TPSA) is 77.4 Å². The van der Waals surface area contributed by atoms with Crippen molar-refractivity contribution in [2.45, 2.75) is 102 Å². The van der Waals surface area contributed by atoms with Gasteiger partial charge in [0.25, 0.3) is 0 Å². The maximum Gasteiger partial charge on any atom is 1.00 e. The smallest absolute Gasteiger partial charge is 0.748 e. The van der Waals surface area contributed by atoms with E-state index in [2.05, 4.69) is 0 Å². The predicted molar refractivity (Wildman–Crippen MR) is 86.2 cm³/mol. The van der Waals surface area contributed by atoms with Gasteiger partial charge in [0.05, 0.1) is 16.2 Å². The summed E-state index contributed by atoms with van der Waals surface area (Å²) in [4.78, 5) is 0. The van der Waals surface area contributed by atoms with E-state index in [4.69, 9.17) is 5.11 Å². The molecule has 1 N–H and O–H groups in total. The maximum atomic E-state index is 11.1. The molecule has 2 atom stereocenters. The molecule has 128 valence electrons. The molecule has 2 unspecified atom stereocenters. The van der Waals surface area contributed by atoms with Crippen LogP contribution in [0, 0.1) is 0 Å². The van der Waals surface area contributed by atoms with E-state index in [1.807, 2.05) is 13.8 Å². The molecule has 0 aliphatic carbocycles. The second kappa shape index (κ2) is 16.0. The number of unbranched alkanes of at least 4 members (excludes halogenated alkanes) is 7. The molecule has 0 bridgehead atoms. The first-order chi connectivity index (χ1) is 9.88. The molecule has 0 aromatic rings. The molecule has 0 saturated heterocycles. The van der Waals surface area contributed by atoms with Crippen molar-refractivity contribution in [1.29, 1.82) is 0 Å². The van der Waals surface area contributed by atoms with Gasteiger partial charge in [0.2, 0.25) is 0 Å². The van der Waals surface area contributed by atoms with Gasteiger partial charge >= 0.3 is 51.4 Å². The molecule has 0 spiro atoms. The molecular formula is C16H33KO4S. The van der Waals surface area contributed by atoms with Crippen molar-refractivity contribution in [1.82, 2.24) is 0 Å². The van der Waals surface area contributed by atoms with Crippen LogP contribution in [0.2, 0.25) is 0 Å². The van der Waals surface area contributed by atoms with Gasteiger partial charge in [0.15, 0.2) is 0 Å². The first-order valence-electron chi connectivity index (χ1n) is 8.50. The molecule has 0 aliphatic rings. The Labute approximate surface area is 180 Å². The van der Waals surface area contributed by atoms with Crippen LogP contribution >= 0.6 is 0 Å². The zero-order valence-corrected chi connectivity index (χ0v) is 18.7. The zero-order valence-electron chi connectivity index (χ0n) is 14.7. The molecule has 0 radical (unpaired) electrons. The van der Waals surface area contributed by atoms with Crippen molar-refractivity contribution in [3.05, 3.63) is 0 Å². The average molecular weight is 361 g/mol. The van der Waals surface area contributed by atoms with E-state index in [1.165, 1.54) is 25.7 Å². The van der Waals surface area contributed by atoms with Crippen molar-refractivity contribution in [2.75, 3.05) is 0 Å². The molecule has 0 amide bonds. The van der Waals surface area contributed by atoms with Crippen molar-refractivity contribution in [3.8, 4) is 0 Å². The summed E-state index contributed by atoms with van der Waals surface area (Å²) in [6.45, 7) is 3.74. The third-order valence-electron chi connectivity index (χ3n) is 3.92. The molecule has 4 nitrogen and oxygen atoms in total. The van der Waals surface area contributed by atoms with Crippen LogP contribution in [0.4, 0.5) is 0 Å². The minimum Gasteiger partial charge on any atom is -0.748 e. The first kappa shape index (κ1) is 25.7. The van der Waals surface area contributed by atoms with Gasteiger partial charge in [-0.2, -0.15) is 0 Å². The van der Waals surface area contributed by atoms with E-state index >= 15 is 0 Å². The first-order valence-corrected chi connectivity index (χ1v) is 9.97. The van der Waals surface area contributed by atoms with Crippen molar-refractivity contribution in [2.24, 2.45) is 0 Å². The Hall–Kier alpha value is 1.51. The summed E-state index contributed by atoms with van der Waals surface area (Å²) in [6, 6.07) is 0.